The van der Waals surface area contributed by atoms with Gasteiger partial charge in [-0.2, -0.15) is 13.2 Å². The standard InChI is InChI=1S/C21H18N5O2.CHF3O3S/c1-16-10-12-19(13-11-16)25-15-24(18-7-3-2-4-8-18)22-21(23-25)17-6-5-9-20(14-17)26(27)28;2-1(3,4)8(5,6)7/h2-14H,15H2,1H3;(H,5,6,7)/q+1;/p-1. The third-order valence-electron chi connectivity index (χ3n) is 4.68. The predicted octanol–water partition coefficient (Wildman–Crippen LogP) is 4.89. The van der Waals surface area contributed by atoms with Crippen molar-refractivity contribution in [3.63, 3.8) is 0 Å². The first-order chi connectivity index (χ1) is 16.8. The average Bonchev–Trinajstić information content (AvgIpc) is 2.84. The van der Waals surface area contributed by atoms with Crippen molar-refractivity contribution in [1.29, 1.82) is 0 Å². The summed E-state index contributed by atoms with van der Waals surface area (Å²) in [6.45, 7) is 2.47. The third kappa shape index (κ3) is 6.70. The lowest BCUT2D eigenvalue weighted by Crippen LogP contribution is -2.31. The second-order valence-corrected chi connectivity index (χ2v) is 8.71. The highest BCUT2D eigenvalue weighted by Crippen LogP contribution is 2.24. The highest BCUT2D eigenvalue weighted by Gasteiger charge is 2.37. The molecule has 0 fully saturated rings. The zero-order valence-corrected chi connectivity index (χ0v) is 19.3. The molecule has 0 aromatic heterocycles. The van der Waals surface area contributed by atoms with Crippen LogP contribution < -0.4 is 5.01 Å². The molecule has 10 nitrogen and oxygen atoms in total. The monoisotopic (exact) mass is 521 g/mol. The molecular formula is C22H18F3N5O5S. The van der Waals surface area contributed by atoms with E-state index < -0.39 is 20.5 Å². The van der Waals surface area contributed by atoms with Crippen LogP contribution in [0.4, 0.5) is 30.2 Å². The molecule has 0 unspecified atom stereocenters. The average molecular weight is 521 g/mol. The Bertz CT molecular complexity index is 1410. The van der Waals surface area contributed by atoms with Crippen molar-refractivity contribution in [2.24, 2.45) is 10.2 Å². The molecule has 0 saturated carbocycles. The number of amidine groups is 1. The lowest BCUT2D eigenvalue weighted by Gasteiger charge is -2.20. The summed E-state index contributed by atoms with van der Waals surface area (Å²) in [5.41, 5.74) is -2.05. The number of azo groups is 2. The van der Waals surface area contributed by atoms with E-state index in [0.29, 0.717) is 18.1 Å². The van der Waals surface area contributed by atoms with Gasteiger partial charge in [-0.05, 0) is 19.1 Å². The Morgan fingerprint density at radius 2 is 1.61 bits per heavy atom. The van der Waals surface area contributed by atoms with E-state index in [1.54, 1.807) is 12.1 Å². The molecule has 3 aromatic rings. The number of para-hydroxylation sites is 1. The molecule has 0 saturated heterocycles. The van der Waals surface area contributed by atoms with Gasteiger partial charge in [0.05, 0.1) is 10.6 Å². The van der Waals surface area contributed by atoms with Crippen LogP contribution in [-0.4, -0.2) is 40.6 Å². The largest absolute Gasteiger partial charge is 0.741 e. The first kappa shape index (κ1) is 26.4. The van der Waals surface area contributed by atoms with Crippen LogP contribution in [0.25, 0.3) is 0 Å². The van der Waals surface area contributed by atoms with Gasteiger partial charge >= 0.3 is 5.51 Å². The van der Waals surface area contributed by atoms with Crippen LogP contribution in [0.3, 0.4) is 0 Å². The zero-order valence-electron chi connectivity index (χ0n) is 18.5. The summed E-state index contributed by atoms with van der Waals surface area (Å²) in [5.74, 6) is 0.416. The Kier molecular flexibility index (Phi) is 7.80. The van der Waals surface area contributed by atoms with E-state index in [4.69, 9.17) is 13.0 Å². The third-order valence-corrected chi connectivity index (χ3v) is 5.25. The van der Waals surface area contributed by atoms with Crippen LogP contribution in [0.15, 0.2) is 89.1 Å². The number of rotatable bonds is 4. The maximum Gasteiger partial charge on any atom is 0.485 e. The Morgan fingerprint density at radius 1 is 1.00 bits per heavy atom. The number of nitrogens with zero attached hydrogens (tertiary/aromatic N) is 5. The van der Waals surface area contributed by atoms with Gasteiger partial charge in [0.1, 0.15) is 0 Å². The summed E-state index contributed by atoms with van der Waals surface area (Å²) >= 11 is 0. The van der Waals surface area contributed by atoms with Crippen LogP contribution in [0.1, 0.15) is 11.1 Å². The summed E-state index contributed by atoms with van der Waals surface area (Å²) in [6.07, 6.45) is 0. The van der Waals surface area contributed by atoms with E-state index in [1.807, 2.05) is 71.2 Å². The van der Waals surface area contributed by atoms with Gasteiger partial charge in [0.2, 0.25) is 11.5 Å². The van der Waals surface area contributed by atoms with E-state index in [-0.39, 0.29) is 5.69 Å². The minimum atomic E-state index is -6.09. The van der Waals surface area contributed by atoms with Crippen LogP contribution in [0.5, 0.6) is 0 Å². The van der Waals surface area contributed by atoms with Crippen molar-refractivity contribution in [2.45, 2.75) is 12.4 Å². The SMILES string of the molecule is Cc1ccc([N+]2=NC(c3cccc([N+](=O)[O-])c3)=NN(c3ccccc3)C2)cc1.O=S(=O)([O-])C(F)(F)F. The van der Waals surface area contributed by atoms with Gasteiger partial charge in [0.15, 0.2) is 10.1 Å². The fraction of sp³-hybridized carbons (Fsp3) is 0.136. The number of anilines is 1. The molecule has 0 atom stereocenters. The Labute approximate surface area is 203 Å². The lowest BCUT2D eigenvalue weighted by molar-refractivity contribution is -0.508. The summed E-state index contributed by atoms with van der Waals surface area (Å²) in [6, 6.07) is 24.2. The number of nitro groups is 1. The molecule has 0 aliphatic carbocycles. The molecule has 188 valence electrons. The predicted molar refractivity (Wildman–Crippen MR) is 123 cm³/mol. The minimum absolute atomic E-state index is 0.00844. The Balaban J connectivity index is 0.000000392. The van der Waals surface area contributed by atoms with Crippen molar-refractivity contribution >= 4 is 33.0 Å². The van der Waals surface area contributed by atoms with E-state index in [1.165, 1.54) is 12.1 Å². The van der Waals surface area contributed by atoms with Crippen molar-refractivity contribution in [3.05, 3.63) is 100 Å². The van der Waals surface area contributed by atoms with Crippen molar-refractivity contribution in [1.82, 2.24) is 0 Å². The molecule has 0 bridgehead atoms. The molecule has 0 spiro atoms. The van der Waals surface area contributed by atoms with Crippen molar-refractivity contribution < 1.29 is 35.8 Å². The van der Waals surface area contributed by atoms with Crippen LogP contribution in [-0.2, 0) is 10.1 Å². The maximum atomic E-state index is 11.2. The fourth-order valence-corrected chi connectivity index (χ4v) is 2.91. The Hall–Kier alpha value is -4.17. The molecule has 1 aliphatic heterocycles. The van der Waals surface area contributed by atoms with Crippen molar-refractivity contribution in [2.75, 3.05) is 11.7 Å². The number of aryl methyl sites for hydroxylation is 1. The van der Waals surface area contributed by atoms with Gasteiger partial charge in [-0.3, -0.25) is 10.1 Å². The topological polar surface area (TPSA) is 131 Å². The molecular weight excluding hydrogens is 503 g/mol. The summed E-state index contributed by atoms with van der Waals surface area (Å²) < 4.78 is 60.7. The van der Waals surface area contributed by atoms with Crippen LogP contribution in [0, 0.1) is 17.0 Å². The molecule has 3 aromatic carbocycles. The van der Waals surface area contributed by atoms with E-state index in [2.05, 4.69) is 10.2 Å². The minimum Gasteiger partial charge on any atom is -0.741 e. The summed E-state index contributed by atoms with van der Waals surface area (Å²) in [4.78, 5) is 10.7. The summed E-state index contributed by atoms with van der Waals surface area (Å²) in [5, 5.41) is 22.3. The van der Waals surface area contributed by atoms with Gasteiger partial charge in [-0.1, -0.05) is 52.7 Å². The van der Waals surface area contributed by atoms with E-state index in [9.17, 15) is 23.3 Å². The number of nitro benzene ring substituents is 1. The number of halogens is 3. The van der Waals surface area contributed by atoms with E-state index >= 15 is 0 Å². The van der Waals surface area contributed by atoms with Crippen LogP contribution in [0.2, 0.25) is 0 Å². The molecule has 0 amide bonds. The first-order valence-corrected chi connectivity index (χ1v) is 11.5. The number of hydrazone groups is 1. The number of benzene rings is 3. The summed E-state index contributed by atoms with van der Waals surface area (Å²) in [7, 11) is -6.09. The molecule has 1 aliphatic rings. The highest BCUT2D eigenvalue weighted by atomic mass is 32.2. The molecule has 36 heavy (non-hydrogen) atoms. The van der Waals surface area contributed by atoms with Gasteiger partial charge in [-0.25, -0.2) is 13.4 Å². The van der Waals surface area contributed by atoms with Crippen molar-refractivity contribution in [3.8, 4) is 0 Å². The smallest absolute Gasteiger partial charge is 0.485 e. The second kappa shape index (κ2) is 10.6. The maximum absolute atomic E-state index is 11.2. The second-order valence-electron chi connectivity index (χ2n) is 7.34. The molecule has 0 radical (unpaired) electrons. The zero-order chi connectivity index (χ0) is 26.5. The lowest BCUT2D eigenvalue weighted by atomic mass is 10.2. The molecule has 0 N–H and O–H groups in total. The van der Waals surface area contributed by atoms with Gasteiger partial charge in [0.25, 0.3) is 12.4 Å². The number of hydrogen-bond acceptors (Lipinski definition) is 8. The quantitative estimate of drug-likeness (QED) is 0.158. The van der Waals surface area contributed by atoms with Gasteiger partial charge in [0, 0.05) is 34.9 Å². The van der Waals surface area contributed by atoms with Gasteiger partial charge in [-0.15, -0.1) is 5.10 Å². The molecule has 4 rings (SSSR count). The van der Waals surface area contributed by atoms with E-state index in [0.717, 1.165) is 16.9 Å². The molecule has 1 heterocycles. The molecule has 14 heteroatoms. The first-order valence-electron chi connectivity index (χ1n) is 10.1. The van der Waals surface area contributed by atoms with Crippen LogP contribution >= 0.6 is 0 Å². The van der Waals surface area contributed by atoms with Gasteiger partial charge < -0.3 is 4.55 Å². The number of hydrogen-bond donors (Lipinski definition) is 0. The fourth-order valence-electron chi connectivity index (χ4n) is 2.91. The normalized spacial score (nSPS) is 13.8. The number of alkyl halides is 3. The number of non-ortho nitro benzene ring substituents is 1. The highest BCUT2D eigenvalue weighted by molar-refractivity contribution is 7.86. The Morgan fingerprint density at radius 3 is 2.17 bits per heavy atom.